The molecule has 2 heterocycles. The number of nitrogens with zero attached hydrogens (tertiary/aromatic N) is 1. The lowest BCUT2D eigenvalue weighted by Crippen LogP contribution is -2.34. The van der Waals surface area contributed by atoms with Crippen molar-refractivity contribution in [2.24, 2.45) is 5.92 Å². The first-order valence-corrected chi connectivity index (χ1v) is 8.88. The van der Waals surface area contributed by atoms with Crippen LogP contribution in [0.25, 0.3) is 0 Å². The Balaban J connectivity index is 1.33. The van der Waals surface area contributed by atoms with E-state index in [0.717, 1.165) is 49.9 Å². The van der Waals surface area contributed by atoms with Crippen molar-refractivity contribution in [3.63, 3.8) is 0 Å². The Morgan fingerprint density at radius 1 is 1.08 bits per heavy atom. The van der Waals surface area contributed by atoms with Crippen molar-refractivity contribution < 1.29 is 4.74 Å². The average Bonchev–Trinajstić information content (AvgIpc) is 2.63. The maximum Gasteiger partial charge on any atom is 0.252 e. The van der Waals surface area contributed by atoms with E-state index in [0.29, 0.717) is 0 Å². The summed E-state index contributed by atoms with van der Waals surface area (Å²) in [7, 11) is 0. The first kappa shape index (κ1) is 16.8. The van der Waals surface area contributed by atoms with Gasteiger partial charge in [-0.1, -0.05) is 24.3 Å². The molecular weight excluding hydrogens is 300 g/mol. The summed E-state index contributed by atoms with van der Waals surface area (Å²) >= 11 is 0. The number of H-pyrrole nitrogens is 1. The molecule has 1 aromatic carbocycles. The number of hydrogen-bond acceptors (Lipinski definition) is 3. The molecule has 0 aliphatic carbocycles. The van der Waals surface area contributed by atoms with Crippen molar-refractivity contribution in [1.82, 2.24) is 9.88 Å². The van der Waals surface area contributed by atoms with Crippen molar-refractivity contribution in [1.29, 1.82) is 0 Å². The van der Waals surface area contributed by atoms with Crippen molar-refractivity contribution >= 4 is 0 Å². The van der Waals surface area contributed by atoms with Crippen LogP contribution in [0.1, 0.15) is 31.2 Å². The molecule has 3 rings (SSSR count). The van der Waals surface area contributed by atoms with Gasteiger partial charge in [-0.15, -0.1) is 0 Å². The van der Waals surface area contributed by atoms with Crippen LogP contribution in [-0.4, -0.2) is 29.6 Å². The fourth-order valence-electron chi connectivity index (χ4n) is 3.33. The highest BCUT2D eigenvalue weighted by atomic mass is 16.5. The van der Waals surface area contributed by atoms with E-state index in [1.54, 1.807) is 6.20 Å². The highest BCUT2D eigenvalue weighted by molar-refractivity contribution is 5.20. The number of benzene rings is 1. The minimum atomic E-state index is 0.0395. The minimum absolute atomic E-state index is 0.0395. The Hall–Kier alpha value is -2.07. The Bertz CT molecular complexity index is 661. The fraction of sp³-hybridized carbons (Fsp3) is 0.450. The number of rotatable bonds is 7. The molecule has 0 atom stereocenters. The van der Waals surface area contributed by atoms with Gasteiger partial charge in [0, 0.05) is 18.3 Å². The van der Waals surface area contributed by atoms with Gasteiger partial charge >= 0.3 is 0 Å². The highest BCUT2D eigenvalue weighted by Crippen LogP contribution is 2.23. The number of para-hydroxylation sites is 1. The van der Waals surface area contributed by atoms with Crippen LogP contribution in [0.5, 0.6) is 5.75 Å². The quantitative estimate of drug-likeness (QED) is 0.793. The third-order valence-corrected chi connectivity index (χ3v) is 4.77. The molecule has 1 aliphatic heterocycles. The van der Waals surface area contributed by atoms with E-state index in [-0.39, 0.29) is 5.56 Å². The van der Waals surface area contributed by atoms with Crippen molar-refractivity contribution in [2.45, 2.75) is 32.2 Å². The van der Waals surface area contributed by atoms with E-state index in [4.69, 9.17) is 4.74 Å². The fourth-order valence-corrected chi connectivity index (χ4v) is 3.33. The number of hydrogen-bond donors (Lipinski definition) is 1. The smallest absolute Gasteiger partial charge is 0.252 e. The van der Waals surface area contributed by atoms with Gasteiger partial charge in [-0.3, -0.25) is 9.69 Å². The van der Waals surface area contributed by atoms with Crippen LogP contribution in [0.4, 0.5) is 0 Å². The molecule has 0 radical (unpaired) electrons. The summed E-state index contributed by atoms with van der Waals surface area (Å²) in [6.07, 6.45) is 6.46. The lowest BCUT2D eigenvalue weighted by atomic mass is 9.92. The van der Waals surface area contributed by atoms with Crippen LogP contribution >= 0.6 is 0 Å². The molecule has 1 N–H and O–H groups in total. The Kier molecular flexibility index (Phi) is 6.07. The molecule has 2 aromatic rings. The van der Waals surface area contributed by atoms with E-state index in [9.17, 15) is 4.79 Å². The van der Waals surface area contributed by atoms with Crippen LogP contribution in [0, 0.1) is 5.92 Å². The number of aromatic amines is 1. The molecule has 0 spiro atoms. The molecule has 0 amide bonds. The topological polar surface area (TPSA) is 45.3 Å². The largest absolute Gasteiger partial charge is 0.494 e. The summed E-state index contributed by atoms with van der Waals surface area (Å²) in [6, 6.07) is 13.8. The molecule has 1 saturated heterocycles. The highest BCUT2D eigenvalue weighted by Gasteiger charge is 2.19. The summed E-state index contributed by atoms with van der Waals surface area (Å²) in [4.78, 5) is 16.9. The van der Waals surface area contributed by atoms with Crippen molar-refractivity contribution in [2.75, 3.05) is 19.7 Å². The molecule has 1 aromatic heterocycles. The van der Waals surface area contributed by atoms with Crippen LogP contribution in [0.2, 0.25) is 0 Å². The van der Waals surface area contributed by atoms with Gasteiger partial charge in [0.15, 0.2) is 0 Å². The Morgan fingerprint density at radius 2 is 1.88 bits per heavy atom. The molecule has 1 aliphatic rings. The van der Waals surface area contributed by atoms with Crippen LogP contribution in [0.3, 0.4) is 0 Å². The van der Waals surface area contributed by atoms with E-state index >= 15 is 0 Å². The maximum absolute atomic E-state index is 11.8. The normalized spacial score (nSPS) is 16.2. The predicted octanol–water partition coefficient (Wildman–Crippen LogP) is 3.45. The van der Waals surface area contributed by atoms with Gasteiger partial charge in [-0.05, 0) is 62.9 Å². The van der Waals surface area contributed by atoms with Gasteiger partial charge in [0.05, 0.1) is 6.61 Å². The van der Waals surface area contributed by atoms with Crippen LogP contribution in [0.15, 0.2) is 53.5 Å². The Labute approximate surface area is 143 Å². The van der Waals surface area contributed by atoms with E-state index in [1.807, 2.05) is 42.5 Å². The second kappa shape index (κ2) is 8.69. The lowest BCUT2D eigenvalue weighted by Gasteiger charge is -2.31. The summed E-state index contributed by atoms with van der Waals surface area (Å²) < 4.78 is 5.76. The number of ether oxygens (including phenoxy) is 1. The van der Waals surface area contributed by atoms with Crippen LogP contribution in [-0.2, 0) is 6.54 Å². The monoisotopic (exact) mass is 326 g/mol. The zero-order valence-corrected chi connectivity index (χ0v) is 14.1. The summed E-state index contributed by atoms with van der Waals surface area (Å²) in [5, 5.41) is 0. The first-order chi connectivity index (χ1) is 11.8. The van der Waals surface area contributed by atoms with E-state index in [1.165, 1.54) is 19.3 Å². The third kappa shape index (κ3) is 4.96. The van der Waals surface area contributed by atoms with Gasteiger partial charge in [0.25, 0.3) is 5.56 Å². The maximum atomic E-state index is 11.8. The van der Waals surface area contributed by atoms with Gasteiger partial charge in [0.2, 0.25) is 0 Å². The van der Waals surface area contributed by atoms with Gasteiger partial charge < -0.3 is 9.72 Å². The molecule has 24 heavy (non-hydrogen) atoms. The van der Waals surface area contributed by atoms with E-state index in [2.05, 4.69) is 9.88 Å². The summed E-state index contributed by atoms with van der Waals surface area (Å²) in [6.45, 7) is 3.72. The lowest BCUT2D eigenvalue weighted by molar-refractivity contribution is 0.165. The van der Waals surface area contributed by atoms with Crippen LogP contribution < -0.4 is 10.3 Å². The zero-order valence-electron chi connectivity index (χ0n) is 14.1. The molecule has 0 unspecified atom stereocenters. The summed E-state index contributed by atoms with van der Waals surface area (Å²) in [5.74, 6) is 1.75. The Morgan fingerprint density at radius 3 is 2.62 bits per heavy atom. The second-order valence-corrected chi connectivity index (χ2v) is 6.55. The molecule has 1 fully saturated rings. The van der Waals surface area contributed by atoms with Gasteiger partial charge in [-0.2, -0.15) is 0 Å². The predicted molar refractivity (Wildman–Crippen MR) is 96.2 cm³/mol. The number of pyridine rings is 1. The molecule has 128 valence electrons. The molecule has 0 bridgehead atoms. The summed E-state index contributed by atoms with van der Waals surface area (Å²) in [5.41, 5.74) is 0.907. The average molecular weight is 326 g/mol. The number of aromatic nitrogens is 1. The SMILES string of the molecule is O=c1[nH]cccc1CN1CCC(CCCOc2ccccc2)CC1. The van der Waals surface area contributed by atoms with Gasteiger partial charge in [-0.25, -0.2) is 0 Å². The molecule has 0 saturated carbocycles. The van der Waals surface area contributed by atoms with Crippen molar-refractivity contribution in [3.8, 4) is 5.75 Å². The third-order valence-electron chi connectivity index (χ3n) is 4.77. The van der Waals surface area contributed by atoms with E-state index < -0.39 is 0 Å². The second-order valence-electron chi connectivity index (χ2n) is 6.55. The number of nitrogens with one attached hydrogen (secondary N) is 1. The minimum Gasteiger partial charge on any atom is -0.494 e. The molecule has 4 nitrogen and oxygen atoms in total. The van der Waals surface area contributed by atoms with Crippen molar-refractivity contribution in [3.05, 3.63) is 64.6 Å². The first-order valence-electron chi connectivity index (χ1n) is 8.88. The molecule has 4 heteroatoms. The molecular formula is C20H26N2O2. The number of likely N-dealkylation sites (tertiary alicyclic amines) is 1. The number of piperidine rings is 1. The zero-order chi connectivity index (χ0) is 16.6. The van der Waals surface area contributed by atoms with Gasteiger partial charge in [0.1, 0.15) is 5.75 Å². The standard InChI is InChI=1S/C20H26N2O2/c23-20-18(7-4-12-21-20)16-22-13-10-17(11-14-22)6-5-15-24-19-8-2-1-3-9-19/h1-4,7-9,12,17H,5-6,10-11,13-16H2,(H,21,23).